The Labute approximate surface area is 136 Å². The minimum absolute atomic E-state index is 0.0202. The van der Waals surface area contributed by atoms with E-state index in [4.69, 9.17) is 9.66 Å². The quantitative estimate of drug-likeness (QED) is 0.905. The van der Waals surface area contributed by atoms with Crippen molar-refractivity contribution in [3.05, 3.63) is 35.2 Å². The number of aromatic nitrogens is 1. The van der Waals surface area contributed by atoms with Gasteiger partial charge in [0.2, 0.25) is 10.0 Å². The minimum atomic E-state index is -4.55. The van der Waals surface area contributed by atoms with Gasteiger partial charge in [0.25, 0.3) is 0 Å². The first-order chi connectivity index (χ1) is 11.3. The number of nitrogens with zero attached hydrogens (tertiary/aromatic N) is 1. The van der Waals surface area contributed by atoms with Crippen LogP contribution in [0.3, 0.4) is 0 Å². The first-order valence-corrected chi connectivity index (χ1v) is 8.94. The topological polar surface area (TPSA) is 86.2 Å². The zero-order valence-corrected chi connectivity index (χ0v) is 13.4. The van der Waals surface area contributed by atoms with E-state index >= 15 is 0 Å². The molecule has 1 heterocycles. The maximum atomic E-state index is 14.1. The van der Waals surface area contributed by atoms with Crippen molar-refractivity contribution < 1.29 is 26.1 Å². The monoisotopic (exact) mass is 360 g/mol. The molecule has 2 N–H and O–H groups in total. The molecule has 5 nitrogen and oxygen atoms in total. The van der Waals surface area contributed by atoms with Crippen molar-refractivity contribution in [2.75, 3.05) is 0 Å². The third-order valence-corrected chi connectivity index (χ3v) is 5.18. The van der Waals surface area contributed by atoms with Crippen molar-refractivity contribution in [3.8, 4) is 11.1 Å². The van der Waals surface area contributed by atoms with Crippen molar-refractivity contribution >= 4 is 10.0 Å². The van der Waals surface area contributed by atoms with E-state index in [1.807, 2.05) is 0 Å². The summed E-state index contributed by atoms with van der Waals surface area (Å²) in [5.74, 6) is -2.79. The van der Waals surface area contributed by atoms with Crippen LogP contribution in [0.4, 0.5) is 13.2 Å². The predicted molar refractivity (Wildman–Crippen MR) is 79.2 cm³/mol. The molecule has 0 amide bonds. The predicted octanol–water partition coefficient (Wildman–Crippen LogP) is 3.39. The highest BCUT2D eigenvalue weighted by Crippen LogP contribution is 2.41. The number of nitrogens with two attached hydrogens (primary N) is 1. The van der Waals surface area contributed by atoms with Gasteiger partial charge in [0.15, 0.2) is 17.3 Å². The smallest absolute Gasteiger partial charge is 0.243 e. The van der Waals surface area contributed by atoms with E-state index in [9.17, 15) is 21.6 Å². The second-order valence-electron chi connectivity index (χ2n) is 5.80. The van der Waals surface area contributed by atoms with Crippen LogP contribution in [-0.2, 0) is 16.7 Å². The Morgan fingerprint density at radius 1 is 1.21 bits per heavy atom. The first kappa shape index (κ1) is 17.0. The summed E-state index contributed by atoms with van der Waals surface area (Å²) < 4.78 is 68.9. The van der Waals surface area contributed by atoms with E-state index in [1.165, 1.54) is 0 Å². The Balaban J connectivity index is 2.17. The molecular formula is C15H15F3N2O3S. The fourth-order valence-corrected chi connectivity index (χ4v) is 3.85. The van der Waals surface area contributed by atoms with Crippen LogP contribution in [0.1, 0.15) is 43.1 Å². The molecule has 0 aliphatic heterocycles. The summed E-state index contributed by atoms with van der Waals surface area (Å²) in [6.45, 7) is -0.991. The van der Waals surface area contributed by atoms with Crippen molar-refractivity contribution in [3.63, 3.8) is 0 Å². The van der Waals surface area contributed by atoms with Crippen LogP contribution in [0, 0.1) is 11.6 Å². The number of hydrogen-bond acceptors (Lipinski definition) is 4. The van der Waals surface area contributed by atoms with Crippen molar-refractivity contribution in [2.45, 2.75) is 43.2 Å². The summed E-state index contributed by atoms with van der Waals surface area (Å²) in [7, 11) is -4.55. The van der Waals surface area contributed by atoms with E-state index in [1.54, 1.807) is 0 Å². The Morgan fingerprint density at radius 2 is 1.79 bits per heavy atom. The zero-order chi connectivity index (χ0) is 17.5. The molecule has 9 heteroatoms. The number of hydrogen-bond donors (Lipinski definition) is 1. The van der Waals surface area contributed by atoms with E-state index < -0.39 is 33.2 Å². The molecule has 24 heavy (non-hydrogen) atoms. The summed E-state index contributed by atoms with van der Waals surface area (Å²) in [5, 5.41) is 8.69. The van der Waals surface area contributed by atoms with Gasteiger partial charge in [0, 0.05) is 5.92 Å². The second-order valence-corrected chi connectivity index (χ2v) is 7.29. The molecule has 130 valence electrons. The molecule has 1 fully saturated rings. The van der Waals surface area contributed by atoms with Crippen molar-refractivity contribution in [2.24, 2.45) is 5.14 Å². The average molecular weight is 360 g/mol. The van der Waals surface area contributed by atoms with Gasteiger partial charge in [-0.3, -0.25) is 0 Å². The lowest BCUT2D eigenvalue weighted by atomic mass is 9.94. The molecule has 1 aromatic carbocycles. The van der Waals surface area contributed by atoms with Crippen molar-refractivity contribution in [1.29, 1.82) is 0 Å². The lowest BCUT2D eigenvalue weighted by molar-refractivity contribution is 0.325. The summed E-state index contributed by atoms with van der Waals surface area (Å²) in [6, 6.07) is 1.62. The summed E-state index contributed by atoms with van der Waals surface area (Å²) in [5.41, 5.74) is 0.610. The molecule has 0 bridgehead atoms. The highest BCUT2D eigenvalue weighted by atomic mass is 32.2. The number of benzene rings is 1. The Bertz CT molecular complexity index is 851. The molecule has 0 saturated heterocycles. The van der Waals surface area contributed by atoms with Crippen LogP contribution in [0.25, 0.3) is 11.1 Å². The third-order valence-electron chi connectivity index (χ3n) is 4.22. The molecule has 1 aromatic heterocycles. The SMILES string of the molecule is NS(=O)(=O)c1c(F)cc(-c2c(C3CCCC3)noc2CF)cc1F. The summed E-state index contributed by atoms with van der Waals surface area (Å²) in [4.78, 5) is -1.22. The van der Waals surface area contributed by atoms with Gasteiger partial charge in [-0.05, 0) is 30.5 Å². The van der Waals surface area contributed by atoms with E-state index in [-0.39, 0.29) is 22.8 Å². The van der Waals surface area contributed by atoms with E-state index in [0.29, 0.717) is 5.69 Å². The van der Waals surface area contributed by atoms with Gasteiger partial charge in [0.1, 0.15) is 11.6 Å². The Kier molecular flexibility index (Phi) is 4.39. The van der Waals surface area contributed by atoms with Gasteiger partial charge in [-0.1, -0.05) is 18.0 Å². The van der Waals surface area contributed by atoms with Gasteiger partial charge in [0.05, 0.1) is 11.3 Å². The maximum absolute atomic E-state index is 14.1. The number of sulfonamides is 1. The van der Waals surface area contributed by atoms with Gasteiger partial charge in [-0.2, -0.15) is 0 Å². The summed E-state index contributed by atoms with van der Waals surface area (Å²) in [6.07, 6.45) is 3.61. The minimum Gasteiger partial charge on any atom is -0.358 e. The lowest BCUT2D eigenvalue weighted by Gasteiger charge is -2.10. The number of rotatable bonds is 4. The number of halogens is 3. The number of alkyl halides is 1. The van der Waals surface area contributed by atoms with Crippen LogP contribution in [0.5, 0.6) is 0 Å². The highest BCUT2D eigenvalue weighted by Gasteiger charge is 2.29. The Hall–Kier alpha value is -1.87. The molecule has 1 aliphatic carbocycles. The average Bonchev–Trinajstić information content (AvgIpc) is 3.13. The normalized spacial score (nSPS) is 16.0. The van der Waals surface area contributed by atoms with E-state index in [0.717, 1.165) is 37.8 Å². The van der Waals surface area contributed by atoms with Crippen LogP contribution in [0.15, 0.2) is 21.6 Å². The molecule has 0 atom stereocenters. The molecule has 2 aromatic rings. The molecule has 1 saturated carbocycles. The van der Waals surface area contributed by atoms with Crippen LogP contribution >= 0.6 is 0 Å². The largest absolute Gasteiger partial charge is 0.358 e. The zero-order valence-electron chi connectivity index (χ0n) is 12.6. The van der Waals surface area contributed by atoms with E-state index in [2.05, 4.69) is 5.16 Å². The van der Waals surface area contributed by atoms with Gasteiger partial charge >= 0.3 is 0 Å². The molecule has 0 unspecified atom stereocenters. The maximum Gasteiger partial charge on any atom is 0.243 e. The first-order valence-electron chi connectivity index (χ1n) is 7.39. The molecular weight excluding hydrogens is 345 g/mol. The Morgan fingerprint density at radius 3 is 2.29 bits per heavy atom. The van der Waals surface area contributed by atoms with Crippen LogP contribution in [-0.4, -0.2) is 13.6 Å². The molecule has 1 aliphatic rings. The molecule has 3 rings (SSSR count). The highest BCUT2D eigenvalue weighted by molar-refractivity contribution is 7.89. The fourth-order valence-electron chi connectivity index (χ4n) is 3.19. The van der Waals surface area contributed by atoms with Crippen LogP contribution < -0.4 is 5.14 Å². The van der Waals surface area contributed by atoms with Gasteiger partial charge in [-0.25, -0.2) is 26.7 Å². The van der Waals surface area contributed by atoms with Crippen molar-refractivity contribution in [1.82, 2.24) is 5.16 Å². The van der Waals surface area contributed by atoms with Crippen LogP contribution in [0.2, 0.25) is 0 Å². The molecule has 0 radical (unpaired) electrons. The standard InChI is InChI=1S/C15H15F3N2O3S/c16-7-12-13(14(20-23-12)8-3-1-2-4-8)9-5-10(17)15(11(18)6-9)24(19,21)22/h5-6,8H,1-4,7H2,(H2,19,21,22). The summed E-state index contributed by atoms with van der Waals surface area (Å²) >= 11 is 0. The number of primary sulfonamides is 1. The van der Waals surface area contributed by atoms with Gasteiger partial charge in [-0.15, -0.1) is 0 Å². The van der Waals surface area contributed by atoms with Gasteiger partial charge < -0.3 is 4.52 Å². The fraction of sp³-hybridized carbons (Fsp3) is 0.400. The third kappa shape index (κ3) is 2.93. The second kappa shape index (κ2) is 6.21. The lowest BCUT2D eigenvalue weighted by Crippen LogP contribution is -2.16. The molecule has 0 spiro atoms.